The predicted octanol–water partition coefficient (Wildman–Crippen LogP) is 2.74. The summed E-state index contributed by atoms with van der Waals surface area (Å²) in [6, 6.07) is 8.02. The Hall–Kier alpha value is -0.640. The van der Waals surface area contributed by atoms with Crippen LogP contribution >= 0.6 is 12.6 Å². The molecule has 0 heterocycles. The van der Waals surface area contributed by atoms with Crippen molar-refractivity contribution in [1.82, 2.24) is 0 Å². The smallest absolute Gasteiger partial charge is 0.00692 e. The summed E-state index contributed by atoms with van der Waals surface area (Å²) in [6.45, 7) is 2.04. The fourth-order valence-corrected chi connectivity index (χ4v) is 0.724. The van der Waals surface area contributed by atoms with E-state index in [4.69, 9.17) is 0 Å². The molecule has 0 spiro atoms. The van der Waals surface area contributed by atoms with Gasteiger partial charge < -0.3 is 0 Å². The van der Waals surface area contributed by atoms with E-state index in [0.717, 1.165) is 4.90 Å². The summed E-state index contributed by atoms with van der Waals surface area (Å²) < 4.78 is 0. The van der Waals surface area contributed by atoms with Crippen molar-refractivity contribution < 1.29 is 14.1 Å². The van der Waals surface area contributed by atoms with Crippen LogP contribution in [0.2, 0.25) is 0 Å². The molecule has 0 fully saturated rings. The molecule has 0 saturated carbocycles. The zero-order valence-corrected chi connectivity index (χ0v) is 6.88. The molecule has 0 N–H and O–H groups in total. The predicted molar refractivity (Wildman–Crippen MR) is 45.9 cm³/mol. The van der Waals surface area contributed by atoms with Crippen LogP contribution in [0.15, 0.2) is 29.2 Å². The van der Waals surface area contributed by atoms with Crippen molar-refractivity contribution in [2.75, 3.05) is 0 Å². The van der Waals surface area contributed by atoms with Gasteiger partial charge >= 0.3 is 0 Å². The third-order valence-corrected chi connectivity index (χ3v) is 1.62. The summed E-state index contributed by atoms with van der Waals surface area (Å²) in [5.41, 5.74) is 1.23. The molecule has 0 bridgehead atoms. The normalized spacial score (nSPS) is 6.73. The summed E-state index contributed by atoms with van der Waals surface area (Å²) in [4.78, 5) is 1.06. The van der Waals surface area contributed by atoms with Crippen LogP contribution in [-0.4, -0.2) is 0 Å². The quantitative estimate of drug-likeness (QED) is 0.589. The molecule has 0 unspecified atom stereocenters. The Labute approximate surface area is 69.1 Å². The van der Waals surface area contributed by atoms with Crippen molar-refractivity contribution >= 4 is 12.6 Å². The summed E-state index contributed by atoms with van der Waals surface area (Å²) in [7, 11) is 0. The molecule has 0 aromatic heterocycles. The van der Waals surface area contributed by atoms with Gasteiger partial charge in [-0.05, 0) is 18.6 Å². The van der Waals surface area contributed by atoms with E-state index in [2.05, 4.69) is 12.6 Å². The highest BCUT2D eigenvalue weighted by Crippen LogP contribution is 2.09. The molecule has 0 radical (unpaired) electrons. The Morgan fingerprint density at radius 2 is 1.45 bits per heavy atom. The third-order valence-electron chi connectivity index (χ3n) is 1.12. The highest BCUT2D eigenvalue weighted by molar-refractivity contribution is 7.80. The van der Waals surface area contributed by atoms with Gasteiger partial charge in [0.05, 0.1) is 0 Å². The zero-order chi connectivity index (χ0) is 5.98. The lowest BCUT2D eigenvalue weighted by molar-refractivity contribution is 1.11. The first kappa shape index (κ1) is 16.8. The molecule has 1 rings (SSSR count). The van der Waals surface area contributed by atoms with Crippen LogP contribution in [0, 0.1) is 6.92 Å². The standard InChI is InChI=1S/C7H8S.3FH/c1-6-4-2-3-5-7(6)8;;;/h2-5,8H,1H3;3*1H. The van der Waals surface area contributed by atoms with Gasteiger partial charge in [0, 0.05) is 4.90 Å². The Morgan fingerprint density at radius 3 is 1.73 bits per heavy atom. The lowest BCUT2D eigenvalue weighted by atomic mass is 10.2. The van der Waals surface area contributed by atoms with Crippen LogP contribution in [0.5, 0.6) is 0 Å². The average molecular weight is 184 g/mol. The molecule has 0 aliphatic heterocycles. The van der Waals surface area contributed by atoms with E-state index < -0.39 is 0 Å². The second-order valence-corrected chi connectivity index (χ2v) is 2.27. The summed E-state index contributed by atoms with van der Waals surface area (Å²) in [5, 5.41) is 0. The van der Waals surface area contributed by atoms with E-state index in [0.29, 0.717) is 0 Å². The lowest BCUT2D eigenvalue weighted by Crippen LogP contribution is -1.70. The van der Waals surface area contributed by atoms with Crippen molar-refractivity contribution in [1.29, 1.82) is 0 Å². The van der Waals surface area contributed by atoms with E-state index in [-0.39, 0.29) is 14.1 Å². The first-order valence-corrected chi connectivity index (χ1v) is 3.00. The molecule has 1 aromatic rings. The molecule has 4 heteroatoms. The van der Waals surface area contributed by atoms with Crippen molar-refractivity contribution in [2.45, 2.75) is 11.8 Å². The fraction of sp³-hybridized carbons (Fsp3) is 0.143. The molecule has 0 amide bonds. The maximum absolute atomic E-state index is 4.20. The Kier molecular flexibility index (Phi) is 11.4. The number of halogens is 3. The second kappa shape index (κ2) is 7.47. The first-order chi connectivity index (χ1) is 3.80. The molecule has 0 nitrogen and oxygen atoms in total. The zero-order valence-electron chi connectivity index (χ0n) is 5.98. The van der Waals surface area contributed by atoms with E-state index in [1.807, 2.05) is 31.2 Å². The van der Waals surface area contributed by atoms with Gasteiger partial charge in [0.1, 0.15) is 0 Å². The van der Waals surface area contributed by atoms with E-state index in [1.165, 1.54) is 5.56 Å². The molecule has 1 aromatic carbocycles. The molecule has 0 aliphatic rings. The highest BCUT2D eigenvalue weighted by atomic mass is 32.1. The van der Waals surface area contributed by atoms with Gasteiger partial charge in [-0.2, -0.15) is 0 Å². The number of thiol groups is 1. The Morgan fingerprint density at radius 1 is 1.00 bits per heavy atom. The minimum absolute atomic E-state index is 0. The SMILES string of the molecule is Cc1ccccc1S.F.F.F. The van der Waals surface area contributed by atoms with Crippen LogP contribution in [0.4, 0.5) is 14.1 Å². The minimum Gasteiger partial charge on any atom is -0.269 e. The van der Waals surface area contributed by atoms with Gasteiger partial charge in [0.2, 0.25) is 0 Å². The summed E-state index contributed by atoms with van der Waals surface area (Å²) in [6.07, 6.45) is 0. The minimum atomic E-state index is 0. The Bertz CT molecular complexity index is 170. The lowest BCUT2D eigenvalue weighted by Gasteiger charge is -1.92. The van der Waals surface area contributed by atoms with Gasteiger partial charge in [-0.1, -0.05) is 18.2 Å². The van der Waals surface area contributed by atoms with Gasteiger partial charge in [-0.15, -0.1) is 12.6 Å². The monoisotopic (exact) mass is 184 g/mol. The largest absolute Gasteiger partial charge is 0.269 e. The van der Waals surface area contributed by atoms with Gasteiger partial charge in [0.15, 0.2) is 0 Å². The van der Waals surface area contributed by atoms with E-state index in [9.17, 15) is 0 Å². The van der Waals surface area contributed by atoms with Crippen LogP contribution in [-0.2, 0) is 0 Å². The van der Waals surface area contributed by atoms with Crippen molar-refractivity contribution in [3.05, 3.63) is 29.8 Å². The topological polar surface area (TPSA) is 0 Å². The number of hydrogen-bond donors (Lipinski definition) is 1. The molecule has 0 saturated heterocycles. The van der Waals surface area contributed by atoms with Gasteiger partial charge in [-0.25, -0.2) is 0 Å². The van der Waals surface area contributed by atoms with E-state index >= 15 is 0 Å². The van der Waals surface area contributed by atoms with Crippen LogP contribution < -0.4 is 0 Å². The van der Waals surface area contributed by atoms with Gasteiger partial charge in [-0.3, -0.25) is 14.1 Å². The highest BCUT2D eigenvalue weighted by Gasteiger charge is 1.84. The fourth-order valence-electron chi connectivity index (χ4n) is 0.563. The number of rotatable bonds is 0. The van der Waals surface area contributed by atoms with Crippen LogP contribution in [0.3, 0.4) is 0 Å². The molecule has 66 valence electrons. The summed E-state index contributed by atoms with van der Waals surface area (Å²) in [5.74, 6) is 0. The van der Waals surface area contributed by atoms with Crippen LogP contribution in [0.25, 0.3) is 0 Å². The molecular weight excluding hydrogens is 173 g/mol. The number of benzene rings is 1. The first-order valence-electron chi connectivity index (χ1n) is 2.55. The van der Waals surface area contributed by atoms with Crippen molar-refractivity contribution in [3.8, 4) is 0 Å². The summed E-state index contributed by atoms with van der Waals surface area (Å²) >= 11 is 4.20. The number of aryl methyl sites for hydroxylation is 1. The maximum Gasteiger partial charge on any atom is 0.00692 e. The van der Waals surface area contributed by atoms with Crippen LogP contribution in [0.1, 0.15) is 5.56 Å². The van der Waals surface area contributed by atoms with Crippen molar-refractivity contribution in [3.63, 3.8) is 0 Å². The number of hydrogen-bond acceptors (Lipinski definition) is 1. The van der Waals surface area contributed by atoms with Gasteiger partial charge in [0.25, 0.3) is 0 Å². The second-order valence-electron chi connectivity index (χ2n) is 1.79. The molecule has 11 heavy (non-hydrogen) atoms. The Balaban J connectivity index is -0.000000213. The average Bonchev–Trinajstić information content (AvgIpc) is 1.77. The molecule has 0 atom stereocenters. The third kappa shape index (κ3) is 4.72. The maximum atomic E-state index is 4.20. The molecular formula is C7H11F3S. The molecule has 0 aliphatic carbocycles. The van der Waals surface area contributed by atoms with E-state index in [1.54, 1.807) is 0 Å². The van der Waals surface area contributed by atoms with Crippen molar-refractivity contribution in [2.24, 2.45) is 0 Å².